The maximum atomic E-state index is 13.8. The molecule has 10 heteroatoms. The number of pyridine rings is 1. The van der Waals surface area contributed by atoms with E-state index in [9.17, 15) is 18.8 Å². The molecule has 1 heterocycles. The molecule has 0 bridgehead atoms. The summed E-state index contributed by atoms with van der Waals surface area (Å²) in [4.78, 5) is 41.3. The Morgan fingerprint density at radius 2 is 1.79 bits per heavy atom. The Labute approximate surface area is 221 Å². The van der Waals surface area contributed by atoms with Gasteiger partial charge in [-0.1, -0.05) is 19.4 Å². The molecule has 0 N–H and O–H groups in total. The van der Waals surface area contributed by atoms with Crippen LogP contribution in [0.2, 0.25) is 0 Å². The minimum atomic E-state index is -0.781. The van der Waals surface area contributed by atoms with Crippen LogP contribution in [0.25, 0.3) is 0 Å². The fourth-order valence-electron chi connectivity index (χ4n) is 4.58. The van der Waals surface area contributed by atoms with Gasteiger partial charge >= 0.3 is 11.9 Å². The number of esters is 2. The highest BCUT2D eigenvalue weighted by Gasteiger charge is 2.37. The van der Waals surface area contributed by atoms with Crippen molar-refractivity contribution >= 4 is 17.7 Å². The first-order valence-electron chi connectivity index (χ1n) is 12.5. The molecule has 3 atom stereocenters. The van der Waals surface area contributed by atoms with E-state index < -0.39 is 42.4 Å². The van der Waals surface area contributed by atoms with Gasteiger partial charge in [0.15, 0.2) is 23.0 Å². The zero-order valence-electron chi connectivity index (χ0n) is 22.3. The van der Waals surface area contributed by atoms with E-state index in [1.54, 1.807) is 13.0 Å². The van der Waals surface area contributed by atoms with E-state index in [4.69, 9.17) is 23.7 Å². The molecule has 0 spiro atoms. The van der Waals surface area contributed by atoms with Gasteiger partial charge < -0.3 is 23.7 Å². The summed E-state index contributed by atoms with van der Waals surface area (Å²) in [5.41, 5.74) is 0.741. The molecule has 9 nitrogen and oxygen atoms in total. The number of carbonyl (C=O) groups is 3. The monoisotopic (exact) mass is 531 g/mol. The third kappa shape index (κ3) is 6.99. The summed E-state index contributed by atoms with van der Waals surface area (Å²) >= 11 is 0. The molecule has 0 saturated heterocycles. The molecular formula is C28H34FNO8. The molecule has 3 rings (SSSR count). The summed E-state index contributed by atoms with van der Waals surface area (Å²) in [6.45, 7) is 4.21. The van der Waals surface area contributed by atoms with E-state index in [1.165, 1.54) is 45.5 Å². The van der Waals surface area contributed by atoms with Gasteiger partial charge in [0, 0.05) is 43.2 Å². The second-order valence-corrected chi connectivity index (χ2v) is 9.36. The molecule has 1 aromatic heterocycles. The molecule has 206 valence electrons. The molecule has 1 aliphatic carbocycles. The predicted molar refractivity (Wildman–Crippen MR) is 135 cm³/mol. The number of hydrogen-bond acceptors (Lipinski definition) is 9. The molecule has 0 aliphatic heterocycles. The number of aromatic nitrogens is 1. The molecule has 0 unspecified atom stereocenters. The first-order valence-corrected chi connectivity index (χ1v) is 12.5. The van der Waals surface area contributed by atoms with Gasteiger partial charge in [-0.3, -0.25) is 14.4 Å². The molecule has 2 aromatic rings. The number of Topliss-reactive ketones (excluding diaryl/α,β-unsaturated/α-hetero) is 1. The van der Waals surface area contributed by atoms with Crippen LogP contribution in [0.1, 0.15) is 68.4 Å². The highest BCUT2D eigenvalue weighted by molar-refractivity contribution is 5.99. The first kappa shape index (κ1) is 28.9. The summed E-state index contributed by atoms with van der Waals surface area (Å²) in [5, 5.41) is 0. The lowest BCUT2D eigenvalue weighted by Gasteiger charge is -2.38. The summed E-state index contributed by atoms with van der Waals surface area (Å²) in [6, 6.07) is 5.89. The van der Waals surface area contributed by atoms with Crippen LogP contribution in [0, 0.1) is 17.7 Å². The van der Waals surface area contributed by atoms with Gasteiger partial charge in [-0.25, -0.2) is 9.37 Å². The summed E-state index contributed by atoms with van der Waals surface area (Å²) < 4.78 is 40.6. The van der Waals surface area contributed by atoms with Crippen molar-refractivity contribution in [1.82, 2.24) is 4.98 Å². The molecule has 0 radical (unpaired) electrons. The summed E-state index contributed by atoms with van der Waals surface area (Å²) in [7, 11) is 2.88. The number of carbonyl (C=O) groups excluding carboxylic acids is 3. The Hall–Kier alpha value is -3.69. The van der Waals surface area contributed by atoms with Crippen molar-refractivity contribution in [3.8, 4) is 17.2 Å². The predicted octanol–water partition coefficient (Wildman–Crippen LogP) is 4.86. The van der Waals surface area contributed by atoms with Crippen LogP contribution in [0.3, 0.4) is 0 Å². The van der Waals surface area contributed by atoms with Crippen molar-refractivity contribution in [2.24, 2.45) is 11.8 Å². The number of benzene rings is 1. The Morgan fingerprint density at radius 3 is 2.39 bits per heavy atom. The maximum Gasteiger partial charge on any atom is 0.309 e. The number of ketones is 1. The maximum absolute atomic E-state index is 13.8. The van der Waals surface area contributed by atoms with E-state index in [0.29, 0.717) is 5.75 Å². The van der Waals surface area contributed by atoms with Crippen LogP contribution in [0.15, 0.2) is 30.5 Å². The van der Waals surface area contributed by atoms with Crippen molar-refractivity contribution in [2.45, 2.75) is 58.5 Å². The molecule has 1 fully saturated rings. The van der Waals surface area contributed by atoms with Crippen molar-refractivity contribution in [2.75, 3.05) is 21.0 Å². The number of rotatable bonds is 13. The number of methoxy groups -OCH3 is 2. The highest BCUT2D eigenvalue weighted by Crippen LogP contribution is 2.45. The molecule has 1 saturated carbocycles. The van der Waals surface area contributed by atoms with Gasteiger partial charge in [0.2, 0.25) is 6.79 Å². The molecule has 0 amide bonds. The normalized spacial score (nSPS) is 15.4. The Bertz CT molecular complexity index is 1150. The lowest BCUT2D eigenvalue weighted by Crippen LogP contribution is -2.33. The van der Waals surface area contributed by atoms with E-state index in [0.717, 1.165) is 24.8 Å². The highest BCUT2D eigenvalue weighted by atomic mass is 19.1. The first-order chi connectivity index (χ1) is 18.2. The number of nitrogens with zero attached hydrogens (tertiary/aromatic N) is 1. The van der Waals surface area contributed by atoms with Crippen LogP contribution in [-0.4, -0.2) is 49.8 Å². The third-order valence-electron chi connectivity index (χ3n) is 6.73. The van der Waals surface area contributed by atoms with Crippen LogP contribution in [-0.2, 0) is 19.1 Å². The van der Waals surface area contributed by atoms with E-state index in [1.807, 2.05) is 6.92 Å². The zero-order valence-corrected chi connectivity index (χ0v) is 22.3. The van der Waals surface area contributed by atoms with Gasteiger partial charge in [-0.15, -0.1) is 0 Å². The minimum absolute atomic E-state index is 0.0173. The second-order valence-electron chi connectivity index (χ2n) is 9.36. The SMILES string of the molecule is COc1cc(F)ccc1[C@H](C1CCC1)[C@H](C)OC(=O)[C@H](C)CC(=O)c1nccc(OC)c1OCOC(C)=O. The lowest BCUT2D eigenvalue weighted by molar-refractivity contribution is -0.155. The fourth-order valence-corrected chi connectivity index (χ4v) is 4.58. The Balaban J connectivity index is 1.72. The second kappa shape index (κ2) is 13.2. The van der Waals surface area contributed by atoms with E-state index in [2.05, 4.69) is 4.98 Å². The van der Waals surface area contributed by atoms with Crippen molar-refractivity contribution in [1.29, 1.82) is 0 Å². The number of ether oxygens (including phenoxy) is 5. The van der Waals surface area contributed by atoms with Crippen molar-refractivity contribution in [3.63, 3.8) is 0 Å². The molecule has 1 aliphatic rings. The average molecular weight is 532 g/mol. The lowest BCUT2D eigenvalue weighted by atomic mass is 9.70. The van der Waals surface area contributed by atoms with Gasteiger partial charge in [0.25, 0.3) is 0 Å². The van der Waals surface area contributed by atoms with Gasteiger partial charge in [-0.2, -0.15) is 0 Å². The standard InChI is InChI=1S/C28H34FNO8/c1-16(13-22(32)26-27(37-15-36-18(3)31)23(34-4)11-12-30-26)28(33)38-17(2)25(19-7-6-8-19)21-10-9-20(29)14-24(21)35-5/h9-12,14,16-17,19,25H,6-8,13,15H2,1-5H3/t16-,17+,25+/m1/s1. The number of halogens is 1. The minimum Gasteiger partial charge on any atom is -0.496 e. The Kier molecular flexibility index (Phi) is 10.0. The van der Waals surface area contributed by atoms with E-state index >= 15 is 0 Å². The summed E-state index contributed by atoms with van der Waals surface area (Å²) in [6.07, 6.45) is 3.68. The van der Waals surface area contributed by atoms with Crippen molar-refractivity contribution in [3.05, 3.63) is 47.5 Å². The van der Waals surface area contributed by atoms with Crippen molar-refractivity contribution < 1.29 is 42.5 Å². The summed E-state index contributed by atoms with van der Waals surface area (Å²) in [5.74, 6) is -1.98. The van der Waals surface area contributed by atoms with E-state index in [-0.39, 0.29) is 35.4 Å². The quantitative estimate of drug-likeness (QED) is 0.203. The molecular weight excluding hydrogens is 497 g/mol. The third-order valence-corrected chi connectivity index (χ3v) is 6.73. The Morgan fingerprint density at radius 1 is 1.08 bits per heavy atom. The molecule has 38 heavy (non-hydrogen) atoms. The zero-order chi connectivity index (χ0) is 27.8. The van der Waals surface area contributed by atoms with Crippen LogP contribution < -0.4 is 14.2 Å². The van der Waals surface area contributed by atoms with Crippen LogP contribution in [0.5, 0.6) is 17.2 Å². The average Bonchev–Trinajstić information content (AvgIpc) is 2.85. The van der Waals surface area contributed by atoms with Gasteiger partial charge in [0.05, 0.1) is 20.1 Å². The van der Waals surface area contributed by atoms with Gasteiger partial charge in [-0.05, 0) is 31.7 Å². The fraction of sp³-hybridized carbons (Fsp3) is 0.500. The van der Waals surface area contributed by atoms with Crippen LogP contribution >= 0.6 is 0 Å². The smallest absolute Gasteiger partial charge is 0.309 e. The van der Waals surface area contributed by atoms with Gasteiger partial charge in [0.1, 0.15) is 17.7 Å². The number of hydrogen-bond donors (Lipinski definition) is 0. The van der Waals surface area contributed by atoms with Crippen LogP contribution in [0.4, 0.5) is 4.39 Å². The largest absolute Gasteiger partial charge is 0.496 e. The molecule has 1 aromatic carbocycles. The topological polar surface area (TPSA) is 110 Å².